The maximum Gasteiger partial charge on any atom is 0.249 e. The minimum Gasteiger partial charge on any atom is -0.378 e. The van der Waals surface area contributed by atoms with Gasteiger partial charge in [-0.2, -0.15) is 0 Å². The summed E-state index contributed by atoms with van der Waals surface area (Å²) < 4.78 is 5.29. The van der Waals surface area contributed by atoms with E-state index in [4.69, 9.17) is 4.74 Å². The van der Waals surface area contributed by atoms with Crippen LogP contribution in [0.25, 0.3) is 0 Å². The Morgan fingerprint density at radius 2 is 2.00 bits per heavy atom. The molecule has 0 aromatic heterocycles. The van der Waals surface area contributed by atoms with Crippen LogP contribution in [0.5, 0.6) is 0 Å². The molecule has 0 saturated carbocycles. The van der Waals surface area contributed by atoms with Crippen molar-refractivity contribution in [3.63, 3.8) is 0 Å². The smallest absolute Gasteiger partial charge is 0.249 e. The van der Waals surface area contributed by atoms with Crippen LogP contribution in [0.1, 0.15) is 12.0 Å². The SMILES string of the molecule is Cc1ccc(NC(=O)[C@H]2CC(=O)NC(N3CCOCC3)=N2)cc1. The van der Waals surface area contributed by atoms with Gasteiger partial charge in [0, 0.05) is 18.8 Å². The standard InChI is InChI=1S/C16H20N4O3/c1-11-2-4-12(5-3-11)17-15(22)13-10-14(21)19-16(18-13)20-6-8-23-9-7-20/h2-5,13H,6-10H2,1H3,(H,17,22)(H,18,19,21)/t13-/m1/s1. The molecule has 3 rings (SSSR count). The second-order valence-corrected chi connectivity index (χ2v) is 5.68. The van der Waals surface area contributed by atoms with Gasteiger partial charge in [0.15, 0.2) is 0 Å². The van der Waals surface area contributed by atoms with Crippen LogP contribution in [-0.2, 0) is 14.3 Å². The first kappa shape index (κ1) is 15.5. The zero-order valence-electron chi connectivity index (χ0n) is 13.0. The van der Waals surface area contributed by atoms with Gasteiger partial charge in [0.1, 0.15) is 6.04 Å². The highest BCUT2D eigenvalue weighted by Crippen LogP contribution is 2.13. The molecule has 0 unspecified atom stereocenters. The molecule has 0 bridgehead atoms. The minimum absolute atomic E-state index is 0.0610. The van der Waals surface area contributed by atoms with Crippen LogP contribution in [0.3, 0.4) is 0 Å². The van der Waals surface area contributed by atoms with E-state index < -0.39 is 6.04 Å². The zero-order chi connectivity index (χ0) is 16.2. The first-order valence-electron chi connectivity index (χ1n) is 7.70. The average Bonchev–Trinajstić information content (AvgIpc) is 2.57. The van der Waals surface area contributed by atoms with Gasteiger partial charge in [-0.1, -0.05) is 17.7 Å². The Labute approximate surface area is 134 Å². The van der Waals surface area contributed by atoms with Crippen LogP contribution >= 0.6 is 0 Å². The molecule has 2 aliphatic heterocycles. The maximum absolute atomic E-state index is 12.4. The summed E-state index contributed by atoms with van der Waals surface area (Å²) in [6, 6.07) is 6.81. The molecule has 1 saturated heterocycles. The fraction of sp³-hybridized carbons (Fsp3) is 0.438. The third kappa shape index (κ3) is 3.87. The van der Waals surface area contributed by atoms with Crippen molar-refractivity contribution in [2.24, 2.45) is 4.99 Å². The van der Waals surface area contributed by atoms with E-state index in [1.807, 2.05) is 36.1 Å². The molecule has 1 atom stereocenters. The number of carbonyl (C=O) groups excluding carboxylic acids is 2. The lowest BCUT2D eigenvalue weighted by atomic mass is 10.1. The molecule has 0 spiro atoms. The molecular weight excluding hydrogens is 296 g/mol. The number of rotatable bonds is 2. The van der Waals surface area contributed by atoms with E-state index in [0.29, 0.717) is 38.0 Å². The van der Waals surface area contributed by atoms with E-state index in [1.54, 1.807) is 0 Å². The van der Waals surface area contributed by atoms with E-state index in [-0.39, 0.29) is 18.2 Å². The fourth-order valence-electron chi connectivity index (χ4n) is 2.53. The molecule has 2 heterocycles. The number of nitrogens with zero attached hydrogens (tertiary/aromatic N) is 2. The minimum atomic E-state index is -0.706. The number of hydrogen-bond donors (Lipinski definition) is 2. The van der Waals surface area contributed by atoms with Gasteiger partial charge in [-0.05, 0) is 19.1 Å². The fourth-order valence-corrected chi connectivity index (χ4v) is 2.53. The summed E-state index contributed by atoms with van der Waals surface area (Å²) in [5, 5.41) is 5.56. The Hall–Kier alpha value is -2.41. The van der Waals surface area contributed by atoms with Crippen molar-refractivity contribution in [2.75, 3.05) is 31.6 Å². The van der Waals surface area contributed by atoms with Gasteiger partial charge in [0.05, 0.1) is 19.6 Å². The van der Waals surface area contributed by atoms with E-state index in [2.05, 4.69) is 15.6 Å². The summed E-state index contributed by atoms with van der Waals surface area (Å²) in [5.74, 6) is 0.00798. The lowest BCUT2D eigenvalue weighted by Crippen LogP contribution is -2.53. The van der Waals surface area contributed by atoms with E-state index in [0.717, 1.165) is 5.56 Å². The van der Waals surface area contributed by atoms with Crippen LogP contribution in [-0.4, -0.2) is 55.0 Å². The number of carbonyl (C=O) groups is 2. The number of aliphatic imine (C=N–C) groups is 1. The summed E-state index contributed by atoms with van der Waals surface area (Å²) in [6.07, 6.45) is 0.0610. The Bertz CT molecular complexity index is 621. The maximum atomic E-state index is 12.4. The van der Waals surface area contributed by atoms with Crippen LogP contribution in [0.15, 0.2) is 29.3 Å². The number of ether oxygens (including phenoxy) is 1. The molecule has 1 aromatic rings. The number of morpholine rings is 1. The van der Waals surface area contributed by atoms with Crippen molar-refractivity contribution < 1.29 is 14.3 Å². The third-order valence-corrected chi connectivity index (χ3v) is 3.84. The molecule has 0 aliphatic carbocycles. The van der Waals surface area contributed by atoms with Gasteiger partial charge in [0.2, 0.25) is 17.8 Å². The van der Waals surface area contributed by atoms with E-state index in [1.165, 1.54) is 0 Å². The van der Waals surface area contributed by atoms with Crippen LogP contribution in [0, 0.1) is 6.92 Å². The number of nitrogens with one attached hydrogen (secondary N) is 2. The third-order valence-electron chi connectivity index (χ3n) is 3.84. The number of aryl methyl sites for hydroxylation is 1. The van der Waals surface area contributed by atoms with Crippen LogP contribution < -0.4 is 10.6 Å². The Balaban J connectivity index is 1.70. The van der Waals surface area contributed by atoms with Gasteiger partial charge < -0.3 is 15.0 Å². The molecule has 2 amide bonds. The molecule has 1 aromatic carbocycles. The lowest BCUT2D eigenvalue weighted by molar-refractivity contribution is -0.125. The predicted molar refractivity (Wildman–Crippen MR) is 86.2 cm³/mol. The first-order chi connectivity index (χ1) is 11.1. The molecule has 1 fully saturated rings. The highest BCUT2D eigenvalue weighted by Gasteiger charge is 2.29. The summed E-state index contributed by atoms with van der Waals surface area (Å²) >= 11 is 0. The summed E-state index contributed by atoms with van der Waals surface area (Å²) in [4.78, 5) is 30.6. The van der Waals surface area contributed by atoms with E-state index in [9.17, 15) is 9.59 Å². The number of benzene rings is 1. The molecular formula is C16H20N4O3. The van der Waals surface area contributed by atoms with Crippen molar-refractivity contribution in [3.05, 3.63) is 29.8 Å². The van der Waals surface area contributed by atoms with Crippen LogP contribution in [0.4, 0.5) is 5.69 Å². The summed E-state index contributed by atoms with van der Waals surface area (Å²) in [7, 11) is 0. The van der Waals surface area contributed by atoms with Gasteiger partial charge in [-0.25, -0.2) is 4.99 Å². The van der Waals surface area contributed by atoms with Gasteiger partial charge >= 0.3 is 0 Å². The quantitative estimate of drug-likeness (QED) is 0.833. The lowest BCUT2D eigenvalue weighted by Gasteiger charge is -2.32. The molecule has 7 nitrogen and oxygen atoms in total. The molecule has 23 heavy (non-hydrogen) atoms. The Morgan fingerprint density at radius 3 is 2.70 bits per heavy atom. The second-order valence-electron chi connectivity index (χ2n) is 5.68. The van der Waals surface area contributed by atoms with Gasteiger partial charge in [0.25, 0.3) is 0 Å². The molecule has 2 aliphatic rings. The highest BCUT2D eigenvalue weighted by atomic mass is 16.5. The van der Waals surface area contributed by atoms with Crippen molar-refractivity contribution in [1.29, 1.82) is 0 Å². The summed E-state index contributed by atoms with van der Waals surface area (Å²) in [6.45, 7) is 4.48. The Morgan fingerprint density at radius 1 is 1.30 bits per heavy atom. The molecule has 122 valence electrons. The Kier molecular flexibility index (Phi) is 4.57. The van der Waals surface area contributed by atoms with Crippen molar-refractivity contribution in [2.45, 2.75) is 19.4 Å². The molecule has 7 heteroatoms. The normalized spacial score (nSPS) is 21.4. The molecule has 2 N–H and O–H groups in total. The second kappa shape index (κ2) is 6.78. The number of anilines is 1. The van der Waals surface area contributed by atoms with Gasteiger partial charge in [-0.3, -0.25) is 14.9 Å². The van der Waals surface area contributed by atoms with Gasteiger partial charge in [-0.15, -0.1) is 0 Å². The van der Waals surface area contributed by atoms with Crippen molar-refractivity contribution in [3.8, 4) is 0 Å². The zero-order valence-corrected chi connectivity index (χ0v) is 13.0. The number of guanidine groups is 1. The number of hydrogen-bond acceptors (Lipinski definition) is 5. The monoisotopic (exact) mass is 316 g/mol. The topological polar surface area (TPSA) is 83.0 Å². The predicted octanol–water partition coefficient (Wildman–Crippen LogP) is 0.510. The first-order valence-corrected chi connectivity index (χ1v) is 7.70. The average molecular weight is 316 g/mol. The van der Waals surface area contributed by atoms with Crippen LogP contribution in [0.2, 0.25) is 0 Å². The number of amides is 2. The summed E-state index contributed by atoms with van der Waals surface area (Å²) in [5.41, 5.74) is 1.82. The van der Waals surface area contributed by atoms with E-state index >= 15 is 0 Å². The highest BCUT2D eigenvalue weighted by molar-refractivity contribution is 6.05. The van der Waals surface area contributed by atoms with Crippen molar-refractivity contribution in [1.82, 2.24) is 10.2 Å². The van der Waals surface area contributed by atoms with Crippen molar-refractivity contribution >= 4 is 23.5 Å². The largest absolute Gasteiger partial charge is 0.378 e. The molecule has 0 radical (unpaired) electrons.